The first-order valence-corrected chi connectivity index (χ1v) is 7.91. The van der Waals surface area contributed by atoms with Gasteiger partial charge in [-0.1, -0.05) is 31.7 Å². The van der Waals surface area contributed by atoms with E-state index in [2.05, 4.69) is 20.3 Å². The lowest BCUT2D eigenvalue weighted by Gasteiger charge is -2.15. The number of rotatable bonds is 3. The zero-order valence-electron chi connectivity index (χ0n) is 11.9. The molecule has 5 heteroatoms. The number of halogens is 1. The second-order valence-corrected chi connectivity index (χ2v) is 5.81. The number of hydrogen-bond donors (Lipinski definition) is 1. The molecule has 0 bridgehead atoms. The molecule has 21 heavy (non-hydrogen) atoms. The van der Waals surface area contributed by atoms with Crippen molar-refractivity contribution in [2.24, 2.45) is 0 Å². The number of hydrogen-bond acceptors (Lipinski definition) is 4. The molecule has 0 amide bonds. The molecule has 3 rings (SSSR count). The van der Waals surface area contributed by atoms with Gasteiger partial charge in [-0.3, -0.25) is 0 Å². The van der Waals surface area contributed by atoms with Crippen LogP contribution in [0.2, 0.25) is 5.28 Å². The number of nitrogens with one attached hydrogen (secondary N) is 1. The second-order valence-electron chi connectivity index (χ2n) is 5.48. The molecular formula is C16H19ClN4. The molecule has 1 aliphatic rings. The minimum absolute atomic E-state index is 0.301. The molecule has 1 fully saturated rings. The molecule has 0 aromatic carbocycles. The maximum atomic E-state index is 6.09. The van der Waals surface area contributed by atoms with Crippen molar-refractivity contribution in [2.45, 2.75) is 44.4 Å². The van der Waals surface area contributed by atoms with Crippen molar-refractivity contribution in [1.82, 2.24) is 15.0 Å². The van der Waals surface area contributed by atoms with Gasteiger partial charge in [0.15, 0.2) is 0 Å². The fourth-order valence-electron chi connectivity index (χ4n) is 2.85. The Balaban J connectivity index is 1.82. The van der Waals surface area contributed by atoms with Crippen LogP contribution in [0.15, 0.2) is 30.5 Å². The monoisotopic (exact) mass is 302 g/mol. The normalized spacial score (nSPS) is 16.4. The summed E-state index contributed by atoms with van der Waals surface area (Å²) in [5, 5.41) is 3.49. The molecule has 1 saturated carbocycles. The Morgan fingerprint density at radius 3 is 2.52 bits per heavy atom. The molecule has 2 aromatic rings. The first-order valence-electron chi connectivity index (χ1n) is 7.54. The van der Waals surface area contributed by atoms with Crippen molar-refractivity contribution in [2.75, 3.05) is 5.32 Å². The molecule has 2 aromatic heterocycles. The topological polar surface area (TPSA) is 50.7 Å². The van der Waals surface area contributed by atoms with Crippen LogP contribution >= 0.6 is 11.6 Å². The maximum Gasteiger partial charge on any atom is 0.224 e. The zero-order chi connectivity index (χ0) is 14.5. The Kier molecular flexibility index (Phi) is 4.65. The third kappa shape index (κ3) is 3.91. The first-order chi connectivity index (χ1) is 10.3. The van der Waals surface area contributed by atoms with E-state index in [0.29, 0.717) is 17.0 Å². The van der Waals surface area contributed by atoms with Gasteiger partial charge in [0.1, 0.15) is 11.6 Å². The van der Waals surface area contributed by atoms with Gasteiger partial charge >= 0.3 is 0 Å². The highest BCUT2D eigenvalue weighted by Crippen LogP contribution is 2.32. The summed E-state index contributed by atoms with van der Waals surface area (Å²) < 4.78 is 0. The van der Waals surface area contributed by atoms with Crippen molar-refractivity contribution >= 4 is 23.2 Å². The third-order valence-corrected chi connectivity index (χ3v) is 4.08. The third-order valence-electron chi connectivity index (χ3n) is 3.91. The first kappa shape index (κ1) is 14.3. The molecule has 0 aliphatic heterocycles. The van der Waals surface area contributed by atoms with Crippen LogP contribution < -0.4 is 5.32 Å². The average Bonchev–Trinajstić information content (AvgIpc) is 2.77. The zero-order valence-corrected chi connectivity index (χ0v) is 12.7. The Bertz CT molecular complexity index is 580. The highest BCUT2D eigenvalue weighted by Gasteiger charge is 2.17. The molecule has 0 radical (unpaired) electrons. The summed E-state index contributed by atoms with van der Waals surface area (Å²) in [6.45, 7) is 0. The number of nitrogens with zero attached hydrogens (tertiary/aromatic N) is 3. The van der Waals surface area contributed by atoms with Crippen LogP contribution in [-0.4, -0.2) is 15.0 Å². The molecule has 4 nitrogen and oxygen atoms in total. The fraction of sp³-hybridized carbons (Fsp3) is 0.438. The van der Waals surface area contributed by atoms with Gasteiger partial charge < -0.3 is 5.32 Å². The highest BCUT2D eigenvalue weighted by atomic mass is 35.5. The van der Waals surface area contributed by atoms with E-state index in [-0.39, 0.29) is 0 Å². The van der Waals surface area contributed by atoms with E-state index in [1.807, 2.05) is 24.3 Å². The van der Waals surface area contributed by atoms with Crippen molar-refractivity contribution in [3.8, 4) is 0 Å². The van der Waals surface area contributed by atoms with Crippen molar-refractivity contribution in [1.29, 1.82) is 0 Å². The van der Waals surface area contributed by atoms with Gasteiger partial charge in [-0.2, -0.15) is 0 Å². The molecule has 110 valence electrons. The van der Waals surface area contributed by atoms with E-state index < -0.39 is 0 Å². The quantitative estimate of drug-likeness (QED) is 0.659. The summed E-state index contributed by atoms with van der Waals surface area (Å²) in [5.74, 6) is 1.98. The van der Waals surface area contributed by atoms with E-state index >= 15 is 0 Å². The van der Waals surface area contributed by atoms with Gasteiger partial charge in [-0.15, -0.1) is 0 Å². The standard InChI is InChI=1S/C16H19ClN4/c17-16-19-13(12-7-3-1-2-4-8-12)11-15(21-16)20-14-9-5-6-10-18-14/h5-6,9-12H,1-4,7-8H2,(H,18,19,20,21). The smallest absolute Gasteiger partial charge is 0.224 e. The number of anilines is 2. The largest absolute Gasteiger partial charge is 0.325 e. The van der Waals surface area contributed by atoms with Crippen LogP contribution in [-0.2, 0) is 0 Å². The predicted molar refractivity (Wildman–Crippen MR) is 85.0 cm³/mol. The van der Waals surface area contributed by atoms with Gasteiger partial charge in [0.25, 0.3) is 0 Å². The summed E-state index contributed by atoms with van der Waals surface area (Å²) in [6, 6.07) is 7.73. The Hall–Kier alpha value is -1.68. The van der Waals surface area contributed by atoms with E-state index in [9.17, 15) is 0 Å². The van der Waals surface area contributed by atoms with Crippen LogP contribution in [0.4, 0.5) is 11.6 Å². The lowest BCUT2D eigenvalue weighted by atomic mass is 9.96. The summed E-state index contributed by atoms with van der Waals surface area (Å²) in [6.07, 6.45) is 9.33. The van der Waals surface area contributed by atoms with E-state index in [1.165, 1.54) is 38.5 Å². The molecule has 0 unspecified atom stereocenters. The summed E-state index contributed by atoms with van der Waals surface area (Å²) in [4.78, 5) is 12.9. The summed E-state index contributed by atoms with van der Waals surface area (Å²) >= 11 is 6.09. The van der Waals surface area contributed by atoms with Gasteiger partial charge in [0.2, 0.25) is 5.28 Å². The Morgan fingerprint density at radius 1 is 1.00 bits per heavy atom. The fourth-order valence-corrected chi connectivity index (χ4v) is 3.04. The summed E-state index contributed by atoms with van der Waals surface area (Å²) in [5.41, 5.74) is 1.05. The van der Waals surface area contributed by atoms with E-state index in [4.69, 9.17) is 11.6 Å². The van der Waals surface area contributed by atoms with E-state index in [0.717, 1.165) is 11.5 Å². The van der Waals surface area contributed by atoms with Crippen LogP contribution in [0.1, 0.15) is 50.1 Å². The molecule has 1 N–H and O–H groups in total. The van der Waals surface area contributed by atoms with Crippen LogP contribution in [0, 0.1) is 0 Å². The van der Waals surface area contributed by atoms with E-state index in [1.54, 1.807) is 6.20 Å². The number of pyridine rings is 1. The lowest BCUT2D eigenvalue weighted by molar-refractivity contribution is 0.576. The molecule has 1 aliphatic carbocycles. The van der Waals surface area contributed by atoms with Crippen molar-refractivity contribution in [3.05, 3.63) is 41.4 Å². The SMILES string of the molecule is Clc1nc(Nc2ccccn2)cc(C2CCCCCC2)n1. The lowest BCUT2D eigenvalue weighted by Crippen LogP contribution is -2.04. The molecule has 0 saturated heterocycles. The maximum absolute atomic E-state index is 6.09. The Morgan fingerprint density at radius 2 is 1.81 bits per heavy atom. The average molecular weight is 303 g/mol. The Labute approximate surface area is 130 Å². The molecule has 0 atom stereocenters. The van der Waals surface area contributed by atoms with Crippen LogP contribution in [0.25, 0.3) is 0 Å². The van der Waals surface area contributed by atoms with Gasteiger partial charge in [-0.05, 0) is 36.6 Å². The van der Waals surface area contributed by atoms with Crippen molar-refractivity contribution < 1.29 is 0 Å². The summed E-state index contributed by atoms with van der Waals surface area (Å²) in [7, 11) is 0. The van der Waals surface area contributed by atoms with Gasteiger partial charge in [0.05, 0.1) is 5.69 Å². The van der Waals surface area contributed by atoms with Gasteiger partial charge in [0, 0.05) is 18.2 Å². The second kappa shape index (κ2) is 6.85. The molecular weight excluding hydrogens is 284 g/mol. The van der Waals surface area contributed by atoms with Crippen LogP contribution in [0.3, 0.4) is 0 Å². The van der Waals surface area contributed by atoms with Crippen LogP contribution in [0.5, 0.6) is 0 Å². The minimum Gasteiger partial charge on any atom is -0.325 e. The highest BCUT2D eigenvalue weighted by molar-refractivity contribution is 6.28. The molecule has 2 heterocycles. The minimum atomic E-state index is 0.301. The molecule has 0 spiro atoms. The van der Waals surface area contributed by atoms with Crippen molar-refractivity contribution in [3.63, 3.8) is 0 Å². The number of aromatic nitrogens is 3. The predicted octanol–water partition coefficient (Wildman–Crippen LogP) is 4.71. The van der Waals surface area contributed by atoms with Gasteiger partial charge in [-0.25, -0.2) is 15.0 Å².